The maximum Gasteiger partial charge on any atom is 0.0620 e. The molecule has 0 bridgehead atoms. The number of hydrogen-bond donors (Lipinski definition) is 0. The predicted octanol–water partition coefficient (Wildman–Crippen LogP) is 13.4. The lowest BCUT2D eigenvalue weighted by Gasteiger charge is -2.19. The second kappa shape index (κ2) is 9.78. The topological polar surface area (TPSA) is 4.93 Å². The van der Waals surface area contributed by atoms with Crippen LogP contribution >= 0.6 is 11.3 Å². The van der Waals surface area contributed by atoms with Gasteiger partial charge in [0, 0.05) is 42.0 Å². The molecule has 11 rings (SSSR count). The Morgan fingerprint density at radius 3 is 1.77 bits per heavy atom. The van der Waals surface area contributed by atoms with Crippen molar-refractivity contribution in [3.05, 3.63) is 164 Å². The molecule has 0 spiro atoms. The molecule has 0 unspecified atom stereocenters. The molecule has 0 aliphatic carbocycles. The van der Waals surface area contributed by atoms with Gasteiger partial charge in [0.25, 0.3) is 0 Å². The van der Waals surface area contributed by atoms with Crippen LogP contribution in [0.1, 0.15) is 0 Å². The van der Waals surface area contributed by atoms with Crippen molar-refractivity contribution in [1.29, 1.82) is 0 Å². The predicted molar refractivity (Wildman–Crippen MR) is 208 cm³/mol. The Balaban J connectivity index is 1.32. The molecular weight excluding hydrogens is 599 g/mol. The quantitative estimate of drug-likeness (QED) is 0.172. The molecule has 11 aromatic rings. The molecule has 222 valence electrons. The third kappa shape index (κ3) is 3.55. The van der Waals surface area contributed by atoms with Crippen molar-refractivity contribution in [1.82, 2.24) is 4.57 Å². The van der Waals surface area contributed by atoms with E-state index in [9.17, 15) is 0 Å². The summed E-state index contributed by atoms with van der Waals surface area (Å²) in [5.41, 5.74) is 8.71. The average Bonchev–Trinajstić information content (AvgIpc) is 3.69. The highest BCUT2D eigenvalue weighted by Crippen LogP contribution is 2.47. The average molecular weight is 626 g/mol. The van der Waals surface area contributed by atoms with Crippen molar-refractivity contribution < 1.29 is 0 Å². The second-order valence-electron chi connectivity index (χ2n) is 12.9. The highest BCUT2D eigenvalue weighted by molar-refractivity contribution is 7.25. The van der Waals surface area contributed by atoms with Crippen LogP contribution in [0.5, 0.6) is 0 Å². The van der Waals surface area contributed by atoms with E-state index < -0.39 is 0 Å². The molecule has 2 heterocycles. The molecule has 9 aromatic carbocycles. The van der Waals surface area contributed by atoms with E-state index in [0.29, 0.717) is 0 Å². The molecule has 0 aliphatic heterocycles. The van der Waals surface area contributed by atoms with Crippen LogP contribution in [0.2, 0.25) is 0 Å². The van der Waals surface area contributed by atoms with E-state index in [0.717, 1.165) is 0 Å². The first kappa shape index (κ1) is 26.1. The van der Waals surface area contributed by atoms with Gasteiger partial charge in [-0.05, 0) is 91.6 Å². The van der Waals surface area contributed by atoms with Crippen molar-refractivity contribution in [2.24, 2.45) is 0 Å². The lowest BCUT2D eigenvalue weighted by molar-refractivity contribution is 1.19. The third-order valence-electron chi connectivity index (χ3n) is 10.3. The van der Waals surface area contributed by atoms with Crippen molar-refractivity contribution in [2.75, 3.05) is 0 Å². The van der Waals surface area contributed by atoms with E-state index in [2.05, 4.69) is 168 Å². The zero-order valence-electron chi connectivity index (χ0n) is 25.9. The smallest absolute Gasteiger partial charge is 0.0620 e. The van der Waals surface area contributed by atoms with Gasteiger partial charge in [0.2, 0.25) is 0 Å². The van der Waals surface area contributed by atoms with Gasteiger partial charge in [-0.2, -0.15) is 0 Å². The summed E-state index contributed by atoms with van der Waals surface area (Å²) in [5, 5.41) is 13.0. The molecule has 0 saturated heterocycles. The number of nitrogens with zero attached hydrogens (tertiary/aromatic N) is 1. The summed E-state index contributed by atoms with van der Waals surface area (Å²) < 4.78 is 5.17. The van der Waals surface area contributed by atoms with Gasteiger partial charge in [-0.25, -0.2) is 0 Å². The minimum Gasteiger partial charge on any atom is -0.309 e. The lowest BCUT2D eigenvalue weighted by atomic mass is 9.85. The molecule has 0 N–H and O–H groups in total. The monoisotopic (exact) mass is 625 g/mol. The molecule has 0 amide bonds. The molecule has 2 heteroatoms. The maximum absolute atomic E-state index is 2.51. The van der Waals surface area contributed by atoms with Gasteiger partial charge in [0.15, 0.2) is 0 Å². The summed E-state index contributed by atoms with van der Waals surface area (Å²) in [6.45, 7) is 0. The van der Waals surface area contributed by atoms with E-state index >= 15 is 0 Å². The number of para-hydroxylation sites is 1. The van der Waals surface area contributed by atoms with E-state index in [1.54, 1.807) is 0 Å². The van der Waals surface area contributed by atoms with Crippen LogP contribution in [0.4, 0.5) is 0 Å². The van der Waals surface area contributed by atoms with Gasteiger partial charge >= 0.3 is 0 Å². The van der Waals surface area contributed by atoms with Gasteiger partial charge in [0.05, 0.1) is 11.0 Å². The number of benzene rings is 9. The Morgan fingerprint density at radius 2 is 1.00 bits per heavy atom. The van der Waals surface area contributed by atoms with Crippen molar-refractivity contribution in [3.8, 4) is 27.9 Å². The Hall–Kier alpha value is -5.96. The lowest BCUT2D eigenvalue weighted by Crippen LogP contribution is -1.96. The van der Waals surface area contributed by atoms with Crippen molar-refractivity contribution in [3.63, 3.8) is 0 Å². The van der Waals surface area contributed by atoms with E-state index in [1.807, 2.05) is 11.3 Å². The van der Waals surface area contributed by atoms with Gasteiger partial charge in [-0.3, -0.25) is 0 Å². The number of hydrogen-bond acceptors (Lipinski definition) is 1. The number of rotatable bonds is 3. The van der Waals surface area contributed by atoms with Crippen LogP contribution in [0.3, 0.4) is 0 Å². The fourth-order valence-electron chi connectivity index (χ4n) is 8.25. The van der Waals surface area contributed by atoms with Gasteiger partial charge in [-0.1, -0.05) is 121 Å². The normalized spacial score (nSPS) is 12.2. The number of fused-ring (bicyclic) bond motifs is 7. The molecule has 0 fully saturated rings. The number of aromatic nitrogens is 1. The number of thiophene rings is 1. The first-order valence-electron chi connectivity index (χ1n) is 16.5. The maximum atomic E-state index is 2.51. The summed E-state index contributed by atoms with van der Waals surface area (Å²) in [6.07, 6.45) is 0. The van der Waals surface area contributed by atoms with Crippen molar-refractivity contribution in [2.45, 2.75) is 0 Å². The Kier molecular flexibility index (Phi) is 5.32. The van der Waals surface area contributed by atoms with E-state index in [-0.39, 0.29) is 0 Å². The van der Waals surface area contributed by atoms with Gasteiger partial charge in [-0.15, -0.1) is 11.3 Å². The first-order chi connectivity index (χ1) is 23.8. The fourth-order valence-corrected chi connectivity index (χ4v) is 9.34. The Morgan fingerprint density at radius 1 is 0.375 bits per heavy atom. The van der Waals surface area contributed by atoms with Crippen LogP contribution in [0, 0.1) is 0 Å². The summed E-state index contributed by atoms with van der Waals surface area (Å²) in [7, 11) is 0. The highest BCUT2D eigenvalue weighted by Gasteiger charge is 2.22. The molecular formula is C46H27NS. The molecule has 0 aliphatic rings. The van der Waals surface area contributed by atoms with Gasteiger partial charge < -0.3 is 4.57 Å². The first-order valence-corrected chi connectivity index (χ1v) is 17.3. The minimum absolute atomic E-state index is 1.20. The van der Waals surface area contributed by atoms with Crippen molar-refractivity contribution >= 4 is 85.6 Å². The zero-order chi connectivity index (χ0) is 31.3. The summed E-state index contributed by atoms with van der Waals surface area (Å²) in [4.78, 5) is 0. The van der Waals surface area contributed by atoms with Crippen LogP contribution in [-0.2, 0) is 0 Å². The molecule has 1 nitrogen and oxygen atoms in total. The minimum atomic E-state index is 1.20. The fraction of sp³-hybridized carbons (Fsp3) is 0. The van der Waals surface area contributed by atoms with E-state index in [4.69, 9.17) is 0 Å². The van der Waals surface area contributed by atoms with E-state index in [1.165, 1.54) is 102 Å². The summed E-state index contributed by atoms with van der Waals surface area (Å²) in [5.74, 6) is 0. The standard InChI is InChI=1S/C46H27NS/c1-3-11-28(12-4-1)37-27-38(29-13-5-2-6-14-29)35-22-23-36-44-30(19-21-34(37)45(35)44)25-40-32-15-7-9-17-41(32)47(46(36)40)31-20-24-43-39(26-31)33-16-8-10-18-42(33)48-43/h1-27H. The Labute approximate surface area is 280 Å². The summed E-state index contributed by atoms with van der Waals surface area (Å²) >= 11 is 1.87. The van der Waals surface area contributed by atoms with Gasteiger partial charge in [0.1, 0.15) is 0 Å². The van der Waals surface area contributed by atoms with Crippen LogP contribution in [0.25, 0.3) is 102 Å². The second-order valence-corrected chi connectivity index (χ2v) is 13.9. The highest BCUT2D eigenvalue weighted by atomic mass is 32.1. The largest absolute Gasteiger partial charge is 0.309 e. The SMILES string of the molecule is c1ccc(-c2cc(-c3ccccc3)c3ccc4c5c(ccc2c35)cc2c3ccccc3n(-c3ccc5sc6ccccc6c5c3)c24)cc1. The molecule has 2 aromatic heterocycles. The zero-order valence-corrected chi connectivity index (χ0v) is 26.8. The Bertz CT molecular complexity index is 2980. The van der Waals surface area contributed by atoms with Crippen LogP contribution in [0.15, 0.2) is 164 Å². The molecule has 48 heavy (non-hydrogen) atoms. The summed E-state index contributed by atoms with van der Waals surface area (Å²) in [6, 6.07) is 60.7. The molecule has 0 atom stereocenters. The van der Waals surface area contributed by atoms with Crippen LogP contribution < -0.4 is 0 Å². The molecule has 0 saturated carbocycles. The van der Waals surface area contributed by atoms with Crippen LogP contribution in [-0.4, -0.2) is 4.57 Å². The third-order valence-corrected chi connectivity index (χ3v) is 11.5. The molecule has 0 radical (unpaired) electrons.